The largest absolute Gasteiger partial charge is 0.497 e. The first kappa shape index (κ1) is 18.8. The number of hydrogen-bond acceptors (Lipinski definition) is 3. The fraction of sp³-hybridized carbons (Fsp3) is 0.160. The summed E-state index contributed by atoms with van der Waals surface area (Å²) in [4.78, 5) is 13.7. The van der Waals surface area contributed by atoms with Crippen molar-refractivity contribution in [3.05, 3.63) is 95.7 Å². The average molecular weight is 385 g/mol. The van der Waals surface area contributed by atoms with Crippen LogP contribution in [-0.4, -0.2) is 24.6 Å². The first-order valence-electron chi connectivity index (χ1n) is 9.48. The van der Waals surface area contributed by atoms with Gasteiger partial charge in [0.2, 0.25) is 0 Å². The van der Waals surface area contributed by atoms with Crippen molar-refractivity contribution in [3.8, 4) is 11.5 Å². The molecule has 3 aromatic carbocycles. The van der Waals surface area contributed by atoms with E-state index in [1.807, 2.05) is 67.7 Å². The molecule has 0 bridgehead atoms. The zero-order chi connectivity index (χ0) is 20.4. The Morgan fingerprint density at radius 3 is 2.03 bits per heavy atom. The van der Waals surface area contributed by atoms with Gasteiger partial charge in [-0.05, 0) is 53.6 Å². The van der Waals surface area contributed by atoms with Crippen LogP contribution in [0.15, 0.2) is 79.0 Å². The van der Waals surface area contributed by atoms with Gasteiger partial charge in [0.25, 0.3) is 0 Å². The molecule has 0 unspecified atom stereocenters. The Morgan fingerprint density at radius 1 is 0.828 bits per heavy atom. The SMILES string of the molecule is COc1ccc(C(=O)[C@H](c2ccc(OC)cc2)c2cn(C)c3ccccc23)cc1. The van der Waals surface area contributed by atoms with E-state index < -0.39 is 5.92 Å². The van der Waals surface area contributed by atoms with Gasteiger partial charge in [0.1, 0.15) is 11.5 Å². The maximum Gasteiger partial charge on any atom is 0.174 e. The summed E-state index contributed by atoms with van der Waals surface area (Å²) in [6.45, 7) is 0. The lowest BCUT2D eigenvalue weighted by atomic mass is 9.84. The standard InChI is InChI=1S/C25H23NO3/c1-26-16-22(21-6-4-5-7-23(21)26)24(17-8-12-19(28-2)13-9-17)25(27)18-10-14-20(29-3)15-11-18/h4-16,24H,1-3H3/t24-/m1/s1. The van der Waals surface area contributed by atoms with Crippen LogP contribution in [0.4, 0.5) is 0 Å². The molecule has 0 fully saturated rings. The first-order chi connectivity index (χ1) is 14.1. The lowest BCUT2D eigenvalue weighted by molar-refractivity contribution is 0.0974. The maximum atomic E-state index is 13.7. The van der Waals surface area contributed by atoms with Gasteiger partial charge in [0, 0.05) is 29.7 Å². The number of nitrogens with zero attached hydrogens (tertiary/aromatic N) is 1. The van der Waals surface area contributed by atoms with Crippen molar-refractivity contribution in [2.45, 2.75) is 5.92 Å². The summed E-state index contributed by atoms with van der Waals surface area (Å²) in [6.07, 6.45) is 2.06. The fourth-order valence-corrected chi connectivity index (χ4v) is 3.79. The van der Waals surface area contributed by atoms with Crippen molar-refractivity contribution >= 4 is 16.7 Å². The third-order valence-corrected chi connectivity index (χ3v) is 5.32. The number of aromatic nitrogens is 1. The third-order valence-electron chi connectivity index (χ3n) is 5.32. The lowest BCUT2D eigenvalue weighted by Gasteiger charge is -2.17. The molecule has 1 aromatic heterocycles. The van der Waals surface area contributed by atoms with Crippen LogP contribution < -0.4 is 9.47 Å². The summed E-state index contributed by atoms with van der Waals surface area (Å²) in [6, 6.07) is 23.2. The van der Waals surface area contributed by atoms with Crippen molar-refractivity contribution < 1.29 is 14.3 Å². The molecule has 4 aromatic rings. The molecule has 0 radical (unpaired) electrons. The number of carbonyl (C=O) groups excluding carboxylic acids is 1. The second-order valence-corrected chi connectivity index (χ2v) is 7.01. The second-order valence-electron chi connectivity index (χ2n) is 7.01. The molecule has 0 spiro atoms. The molecule has 0 saturated carbocycles. The van der Waals surface area contributed by atoms with Gasteiger partial charge in [-0.2, -0.15) is 0 Å². The molecule has 4 nitrogen and oxygen atoms in total. The highest BCUT2D eigenvalue weighted by Crippen LogP contribution is 2.35. The van der Waals surface area contributed by atoms with E-state index in [-0.39, 0.29) is 5.78 Å². The number of carbonyl (C=O) groups is 1. The van der Waals surface area contributed by atoms with Crippen LogP contribution in [0, 0.1) is 0 Å². The van der Waals surface area contributed by atoms with E-state index in [1.165, 1.54) is 0 Å². The molecule has 1 atom stereocenters. The Morgan fingerprint density at radius 2 is 1.41 bits per heavy atom. The summed E-state index contributed by atoms with van der Waals surface area (Å²) in [7, 11) is 5.27. The van der Waals surface area contributed by atoms with Gasteiger partial charge in [0.05, 0.1) is 20.1 Å². The number of benzene rings is 3. The highest BCUT2D eigenvalue weighted by atomic mass is 16.5. The van der Waals surface area contributed by atoms with Crippen molar-refractivity contribution in [1.82, 2.24) is 4.57 Å². The summed E-state index contributed by atoms with van der Waals surface area (Å²) in [5, 5.41) is 1.08. The Bertz CT molecular complexity index is 1140. The fourth-order valence-electron chi connectivity index (χ4n) is 3.79. The van der Waals surface area contributed by atoms with E-state index in [4.69, 9.17) is 9.47 Å². The zero-order valence-electron chi connectivity index (χ0n) is 16.8. The molecular weight excluding hydrogens is 362 g/mol. The number of fused-ring (bicyclic) bond motifs is 1. The summed E-state index contributed by atoms with van der Waals surface area (Å²) >= 11 is 0. The van der Waals surface area contributed by atoms with E-state index in [0.29, 0.717) is 5.56 Å². The summed E-state index contributed by atoms with van der Waals surface area (Å²) in [5.41, 5.74) is 3.68. The number of aryl methyl sites for hydroxylation is 1. The Kier molecular flexibility index (Phi) is 5.09. The van der Waals surface area contributed by atoms with E-state index in [9.17, 15) is 4.79 Å². The van der Waals surface area contributed by atoms with Crippen LogP contribution >= 0.6 is 0 Å². The Labute approximate surface area is 170 Å². The number of methoxy groups -OCH3 is 2. The molecule has 1 heterocycles. The van der Waals surface area contributed by atoms with E-state index in [1.54, 1.807) is 14.2 Å². The average Bonchev–Trinajstić information content (AvgIpc) is 3.11. The summed E-state index contributed by atoms with van der Waals surface area (Å²) in [5.74, 6) is 1.13. The molecule has 0 aliphatic heterocycles. The molecule has 0 amide bonds. The van der Waals surface area contributed by atoms with Crippen molar-refractivity contribution in [2.24, 2.45) is 7.05 Å². The van der Waals surface area contributed by atoms with Crippen LogP contribution in [0.3, 0.4) is 0 Å². The molecule has 4 rings (SSSR count). The van der Waals surface area contributed by atoms with E-state index >= 15 is 0 Å². The highest BCUT2D eigenvalue weighted by Gasteiger charge is 2.27. The minimum absolute atomic E-state index is 0.0502. The molecule has 0 N–H and O–H groups in total. The first-order valence-corrected chi connectivity index (χ1v) is 9.48. The summed E-state index contributed by atoms with van der Waals surface area (Å²) < 4.78 is 12.6. The number of rotatable bonds is 6. The van der Waals surface area contributed by atoms with Crippen LogP contribution in [0.5, 0.6) is 11.5 Å². The molecule has 146 valence electrons. The Hall–Kier alpha value is -3.53. The van der Waals surface area contributed by atoms with Gasteiger partial charge in [-0.3, -0.25) is 4.79 Å². The lowest BCUT2D eigenvalue weighted by Crippen LogP contribution is -2.14. The predicted molar refractivity (Wildman–Crippen MR) is 115 cm³/mol. The molecule has 29 heavy (non-hydrogen) atoms. The van der Waals surface area contributed by atoms with Gasteiger partial charge in [-0.25, -0.2) is 0 Å². The monoisotopic (exact) mass is 385 g/mol. The van der Waals surface area contributed by atoms with Gasteiger partial charge in [-0.15, -0.1) is 0 Å². The van der Waals surface area contributed by atoms with Gasteiger partial charge >= 0.3 is 0 Å². The maximum absolute atomic E-state index is 13.7. The molecule has 0 aliphatic carbocycles. The van der Waals surface area contributed by atoms with E-state index in [0.717, 1.165) is 33.5 Å². The second kappa shape index (κ2) is 7.84. The molecule has 4 heteroatoms. The topological polar surface area (TPSA) is 40.5 Å². The molecule has 0 aliphatic rings. The van der Waals surface area contributed by atoms with Gasteiger partial charge in [0.15, 0.2) is 5.78 Å². The number of hydrogen-bond donors (Lipinski definition) is 0. The smallest absolute Gasteiger partial charge is 0.174 e. The normalized spacial score (nSPS) is 12.0. The number of ketones is 1. The van der Waals surface area contributed by atoms with Crippen LogP contribution in [0.1, 0.15) is 27.4 Å². The number of para-hydroxylation sites is 1. The van der Waals surface area contributed by atoms with Crippen LogP contribution in [-0.2, 0) is 7.05 Å². The minimum Gasteiger partial charge on any atom is -0.497 e. The van der Waals surface area contributed by atoms with Crippen molar-refractivity contribution in [1.29, 1.82) is 0 Å². The van der Waals surface area contributed by atoms with Crippen molar-refractivity contribution in [3.63, 3.8) is 0 Å². The molecular formula is C25H23NO3. The number of ether oxygens (including phenoxy) is 2. The Balaban J connectivity index is 1.87. The predicted octanol–water partition coefficient (Wildman–Crippen LogP) is 5.21. The minimum atomic E-state index is -0.416. The van der Waals surface area contributed by atoms with Gasteiger partial charge < -0.3 is 14.0 Å². The van der Waals surface area contributed by atoms with Gasteiger partial charge in [-0.1, -0.05) is 30.3 Å². The van der Waals surface area contributed by atoms with Crippen molar-refractivity contribution in [2.75, 3.05) is 14.2 Å². The number of Topliss-reactive ketones (excluding diaryl/α,β-unsaturated/α-hetero) is 1. The highest BCUT2D eigenvalue weighted by molar-refractivity contribution is 6.05. The molecule has 0 saturated heterocycles. The van der Waals surface area contributed by atoms with Crippen LogP contribution in [0.25, 0.3) is 10.9 Å². The van der Waals surface area contributed by atoms with E-state index in [2.05, 4.69) is 22.9 Å². The third kappa shape index (κ3) is 3.49. The zero-order valence-corrected chi connectivity index (χ0v) is 16.8. The quantitative estimate of drug-likeness (QED) is 0.428. The van der Waals surface area contributed by atoms with Crippen LogP contribution in [0.2, 0.25) is 0 Å².